The highest BCUT2D eigenvalue weighted by atomic mass is 32.2. The quantitative estimate of drug-likeness (QED) is 0.829. The van der Waals surface area contributed by atoms with Crippen molar-refractivity contribution in [3.63, 3.8) is 0 Å². The molecule has 1 N–H and O–H groups in total. The van der Waals surface area contributed by atoms with Crippen LogP contribution in [0.25, 0.3) is 0 Å². The molecule has 0 saturated carbocycles. The number of hydrogen-bond donors (Lipinski definition) is 1. The van der Waals surface area contributed by atoms with E-state index in [4.69, 9.17) is 0 Å². The van der Waals surface area contributed by atoms with E-state index < -0.39 is 16.0 Å². The van der Waals surface area contributed by atoms with Crippen molar-refractivity contribution in [3.8, 4) is 0 Å². The second-order valence-corrected chi connectivity index (χ2v) is 7.41. The Labute approximate surface area is 142 Å². The van der Waals surface area contributed by atoms with Gasteiger partial charge in [0.2, 0.25) is 0 Å². The largest absolute Gasteiger partial charge is 0.478 e. The van der Waals surface area contributed by atoms with Crippen LogP contribution in [0.3, 0.4) is 0 Å². The summed E-state index contributed by atoms with van der Waals surface area (Å²) < 4.78 is 27.5. The van der Waals surface area contributed by atoms with Crippen LogP contribution in [0.4, 0.5) is 5.69 Å². The maximum Gasteiger partial charge on any atom is 0.335 e. The van der Waals surface area contributed by atoms with Gasteiger partial charge in [-0.1, -0.05) is 37.6 Å². The van der Waals surface area contributed by atoms with Crippen molar-refractivity contribution in [3.05, 3.63) is 59.7 Å². The summed E-state index contributed by atoms with van der Waals surface area (Å²) in [5.41, 5.74) is 1.10. The predicted molar refractivity (Wildman–Crippen MR) is 94.0 cm³/mol. The van der Waals surface area contributed by atoms with Gasteiger partial charge in [0.25, 0.3) is 10.0 Å². The van der Waals surface area contributed by atoms with Gasteiger partial charge in [0.05, 0.1) is 16.1 Å². The number of hydrogen-bond acceptors (Lipinski definition) is 3. The van der Waals surface area contributed by atoms with Gasteiger partial charge in [-0.15, -0.1) is 0 Å². The number of carbonyl (C=O) groups is 1. The van der Waals surface area contributed by atoms with Crippen molar-refractivity contribution in [2.24, 2.45) is 0 Å². The summed E-state index contributed by atoms with van der Waals surface area (Å²) in [5.74, 6) is -1.13. The molecule has 5 nitrogen and oxygen atoms in total. The first kappa shape index (κ1) is 18.0. The first-order chi connectivity index (χ1) is 11.4. The molecule has 0 heterocycles. The Bertz CT molecular complexity index is 816. The molecule has 0 radical (unpaired) electrons. The Hall–Kier alpha value is -2.34. The number of benzene rings is 2. The fourth-order valence-electron chi connectivity index (χ4n) is 2.40. The SMILES string of the molecule is CCCCN(c1ccccc1)S(=O)(=O)c1ccc(C)c(C(=O)O)c1. The summed E-state index contributed by atoms with van der Waals surface area (Å²) in [4.78, 5) is 11.3. The second-order valence-electron chi connectivity index (χ2n) is 5.55. The van der Waals surface area contributed by atoms with Gasteiger partial charge in [0, 0.05) is 6.54 Å². The highest BCUT2D eigenvalue weighted by molar-refractivity contribution is 7.92. The van der Waals surface area contributed by atoms with Crippen LogP contribution in [-0.2, 0) is 10.0 Å². The van der Waals surface area contributed by atoms with E-state index in [1.165, 1.54) is 22.5 Å². The Morgan fingerprint density at radius 2 is 1.79 bits per heavy atom. The Morgan fingerprint density at radius 1 is 1.12 bits per heavy atom. The van der Waals surface area contributed by atoms with Crippen LogP contribution in [0.15, 0.2) is 53.4 Å². The molecule has 0 aliphatic carbocycles. The molecule has 0 aromatic heterocycles. The lowest BCUT2D eigenvalue weighted by atomic mass is 10.1. The molecule has 2 rings (SSSR count). The highest BCUT2D eigenvalue weighted by Crippen LogP contribution is 2.25. The number of sulfonamides is 1. The molecule has 0 fully saturated rings. The Morgan fingerprint density at radius 3 is 2.38 bits per heavy atom. The standard InChI is InChI=1S/C18H21NO4S/c1-3-4-12-19(15-8-6-5-7-9-15)24(22,23)16-11-10-14(2)17(13-16)18(20)21/h5-11,13H,3-4,12H2,1-2H3,(H,20,21). The lowest BCUT2D eigenvalue weighted by Crippen LogP contribution is -2.32. The number of carboxylic acid groups (broad SMARTS) is 1. The van der Waals surface area contributed by atoms with Crippen molar-refractivity contribution in [1.29, 1.82) is 0 Å². The first-order valence-electron chi connectivity index (χ1n) is 7.79. The van der Waals surface area contributed by atoms with E-state index in [0.29, 0.717) is 24.2 Å². The molecule has 0 spiro atoms. The first-order valence-corrected chi connectivity index (χ1v) is 9.23. The monoisotopic (exact) mass is 347 g/mol. The van der Waals surface area contributed by atoms with Crippen molar-refractivity contribution >= 4 is 21.7 Å². The third kappa shape index (κ3) is 3.76. The number of unbranched alkanes of at least 4 members (excludes halogenated alkanes) is 1. The Kier molecular flexibility index (Phi) is 5.62. The van der Waals surface area contributed by atoms with E-state index in [2.05, 4.69) is 0 Å². The average Bonchev–Trinajstić information content (AvgIpc) is 2.56. The normalized spacial score (nSPS) is 11.2. The molecule has 0 amide bonds. The van der Waals surface area contributed by atoms with Crippen LogP contribution in [0.5, 0.6) is 0 Å². The topological polar surface area (TPSA) is 74.7 Å². The Balaban J connectivity index is 2.52. The van der Waals surface area contributed by atoms with Crippen LogP contribution in [0, 0.1) is 6.92 Å². The fraction of sp³-hybridized carbons (Fsp3) is 0.278. The summed E-state index contributed by atoms with van der Waals surface area (Å²) in [6.45, 7) is 3.98. The predicted octanol–water partition coefficient (Wildman–Crippen LogP) is 3.69. The van der Waals surface area contributed by atoms with Gasteiger partial charge in [-0.2, -0.15) is 0 Å². The minimum Gasteiger partial charge on any atom is -0.478 e. The molecule has 128 valence electrons. The molecule has 2 aromatic rings. The van der Waals surface area contributed by atoms with Crippen LogP contribution < -0.4 is 4.31 Å². The minimum atomic E-state index is -3.83. The lowest BCUT2D eigenvalue weighted by molar-refractivity contribution is 0.0696. The number of carboxylic acids is 1. The number of nitrogens with zero attached hydrogens (tertiary/aromatic N) is 1. The lowest BCUT2D eigenvalue weighted by Gasteiger charge is -2.24. The second kappa shape index (κ2) is 7.49. The van der Waals surface area contributed by atoms with E-state index in [0.717, 1.165) is 6.42 Å². The van der Waals surface area contributed by atoms with Gasteiger partial charge in [-0.3, -0.25) is 4.31 Å². The summed E-state index contributed by atoms with van der Waals surface area (Å²) in [5, 5.41) is 9.24. The van der Waals surface area contributed by atoms with Gasteiger partial charge in [0.1, 0.15) is 0 Å². The molecule has 0 aliphatic rings. The summed E-state index contributed by atoms with van der Waals surface area (Å²) >= 11 is 0. The minimum absolute atomic E-state index is 0.000391. The zero-order valence-electron chi connectivity index (χ0n) is 13.8. The van der Waals surface area contributed by atoms with E-state index >= 15 is 0 Å². The van der Waals surface area contributed by atoms with Crippen LogP contribution in [0.1, 0.15) is 35.7 Å². The van der Waals surface area contributed by atoms with Gasteiger partial charge >= 0.3 is 5.97 Å². The maximum absolute atomic E-state index is 13.1. The molecule has 6 heteroatoms. The van der Waals surface area contributed by atoms with Gasteiger partial charge in [-0.25, -0.2) is 13.2 Å². The van der Waals surface area contributed by atoms with Crippen molar-refractivity contribution in [2.75, 3.05) is 10.8 Å². The molecule has 24 heavy (non-hydrogen) atoms. The van der Waals surface area contributed by atoms with E-state index in [9.17, 15) is 18.3 Å². The zero-order chi connectivity index (χ0) is 17.7. The van der Waals surface area contributed by atoms with Crippen LogP contribution in [-0.4, -0.2) is 26.0 Å². The third-order valence-electron chi connectivity index (χ3n) is 3.79. The van der Waals surface area contributed by atoms with Crippen molar-refractivity contribution in [2.45, 2.75) is 31.6 Å². The molecule has 0 aliphatic heterocycles. The zero-order valence-corrected chi connectivity index (χ0v) is 14.6. The van der Waals surface area contributed by atoms with Gasteiger partial charge in [-0.05, 0) is 43.2 Å². The van der Waals surface area contributed by atoms with E-state index in [-0.39, 0.29) is 10.5 Å². The molecule has 2 aromatic carbocycles. The van der Waals surface area contributed by atoms with Crippen molar-refractivity contribution < 1.29 is 18.3 Å². The van der Waals surface area contributed by atoms with Crippen LogP contribution in [0.2, 0.25) is 0 Å². The molecule has 0 saturated heterocycles. The molecule has 0 atom stereocenters. The molecular formula is C18H21NO4S. The van der Waals surface area contributed by atoms with Crippen LogP contribution >= 0.6 is 0 Å². The van der Waals surface area contributed by atoms with E-state index in [1.807, 2.05) is 13.0 Å². The summed E-state index contributed by atoms with van der Waals surface area (Å²) in [7, 11) is -3.83. The number of anilines is 1. The highest BCUT2D eigenvalue weighted by Gasteiger charge is 2.25. The van der Waals surface area contributed by atoms with Crippen molar-refractivity contribution in [1.82, 2.24) is 0 Å². The molecule has 0 unspecified atom stereocenters. The molecular weight excluding hydrogens is 326 g/mol. The third-order valence-corrected chi connectivity index (χ3v) is 5.61. The number of aryl methyl sites for hydroxylation is 1. The smallest absolute Gasteiger partial charge is 0.335 e. The number of aromatic carboxylic acids is 1. The fourth-order valence-corrected chi connectivity index (χ4v) is 3.93. The molecule has 0 bridgehead atoms. The van der Waals surface area contributed by atoms with Gasteiger partial charge < -0.3 is 5.11 Å². The number of rotatable bonds is 7. The number of para-hydroxylation sites is 1. The van der Waals surface area contributed by atoms with E-state index in [1.54, 1.807) is 31.2 Å². The summed E-state index contributed by atoms with van der Waals surface area (Å²) in [6, 6.07) is 13.1. The average molecular weight is 347 g/mol. The maximum atomic E-state index is 13.1. The van der Waals surface area contributed by atoms with Gasteiger partial charge in [0.15, 0.2) is 0 Å². The summed E-state index contributed by atoms with van der Waals surface area (Å²) in [6.07, 6.45) is 1.57.